The monoisotopic (exact) mass is 466 g/mol. The minimum atomic E-state index is -0.515. The number of amides is 2. The molecule has 7 heteroatoms. The first-order valence-electron chi connectivity index (χ1n) is 11.6. The second-order valence-corrected chi connectivity index (χ2v) is 8.58. The largest absolute Gasteiger partial charge is 0.372 e. The van der Waals surface area contributed by atoms with Crippen LogP contribution in [0, 0.1) is 17.1 Å². The zero-order chi connectivity index (χ0) is 24.4. The van der Waals surface area contributed by atoms with E-state index in [1.165, 1.54) is 43.5 Å². The number of hydrogen-bond acceptors (Lipinski definition) is 5. The lowest BCUT2D eigenvalue weighted by atomic mass is 10.0. The number of imide groups is 1. The summed E-state index contributed by atoms with van der Waals surface area (Å²) in [6, 6.07) is 21.5. The van der Waals surface area contributed by atoms with Crippen molar-refractivity contribution in [2.75, 3.05) is 28.2 Å². The molecule has 174 valence electrons. The van der Waals surface area contributed by atoms with Gasteiger partial charge in [0.1, 0.15) is 11.5 Å². The Morgan fingerprint density at radius 3 is 2.03 bits per heavy atom. The lowest BCUT2D eigenvalue weighted by Crippen LogP contribution is -2.32. The van der Waals surface area contributed by atoms with E-state index in [9.17, 15) is 14.0 Å². The van der Waals surface area contributed by atoms with Crippen LogP contribution in [0.2, 0.25) is 0 Å². The summed E-state index contributed by atoms with van der Waals surface area (Å²) in [6.45, 7) is 2.05. The van der Waals surface area contributed by atoms with E-state index in [0.717, 1.165) is 23.7 Å². The van der Waals surface area contributed by atoms with Gasteiger partial charge in [-0.2, -0.15) is 5.26 Å². The van der Waals surface area contributed by atoms with Crippen LogP contribution in [0.3, 0.4) is 0 Å². The zero-order valence-electron chi connectivity index (χ0n) is 19.0. The summed E-state index contributed by atoms with van der Waals surface area (Å²) >= 11 is 0. The predicted octanol–water partition coefficient (Wildman–Crippen LogP) is 5.08. The number of anilines is 3. The third kappa shape index (κ3) is 4.38. The van der Waals surface area contributed by atoms with Gasteiger partial charge in [0.15, 0.2) is 0 Å². The average Bonchev–Trinajstić information content (AvgIpc) is 3.14. The van der Waals surface area contributed by atoms with Gasteiger partial charge in [-0.15, -0.1) is 0 Å². The fraction of sp³-hybridized carbons (Fsp3) is 0.179. The lowest BCUT2D eigenvalue weighted by molar-refractivity contribution is -0.120. The Labute approximate surface area is 202 Å². The Bertz CT molecular complexity index is 1330. The minimum absolute atomic E-state index is 0.122. The van der Waals surface area contributed by atoms with Crippen molar-refractivity contribution in [3.63, 3.8) is 0 Å². The molecule has 1 saturated heterocycles. The van der Waals surface area contributed by atoms with Crippen LogP contribution in [0.15, 0.2) is 78.5 Å². The number of nitriles is 1. The minimum Gasteiger partial charge on any atom is -0.372 e. The van der Waals surface area contributed by atoms with Gasteiger partial charge in [0.2, 0.25) is 0 Å². The van der Waals surface area contributed by atoms with Gasteiger partial charge < -0.3 is 10.2 Å². The summed E-state index contributed by atoms with van der Waals surface area (Å²) in [4.78, 5) is 30.4. The molecule has 2 aliphatic heterocycles. The highest BCUT2D eigenvalue weighted by atomic mass is 19.1. The molecule has 0 unspecified atom stereocenters. The van der Waals surface area contributed by atoms with Crippen molar-refractivity contribution in [2.45, 2.75) is 19.3 Å². The number of hydrogen-bond donors (Lipinski definition) is 1. The Morgan fingerprint density at radius 1 is 0.771 bits per heavy atom. The number of halogens is 1. The van der Waals surface area contributed by atoms with Crippen molar-refractivity contribution in [3.05, 3.63) is 95.4 Å². The number of piperidine rings is 1. The van der Waals surface area contributed by atoms with Crippen LogP contribution in [0.25, 0.3) is 5.57 Å². The van der Waals surface area contributed by atoms with Crippen LogP contribution in [0.5, 0.6) is 0 Å². The van der Waals surface area contributed by atoms with Crippen molar-refractivity contribution in [1.29, 1.82) is 5.26 Å². The van der Waals surface area contributed by atoms with E-state index in [1.54, 1.807) is 24.3 Å². The predicted molar refractivity (Wildman–Crippen MR) is 133 cm³/mol. The van der Waals surface area contributed by atoms with E-state index in [0.29, 0.717) is 22.5 Å². The van der Waals surface area contributed by atoms with Gasteiger partial charge in [-0.25, -0.2) is 9.29 Å². The number of rotatable bonds is 5. The molecule has 2 aliphatic rings. The van der Waals surface area contributed by atoms with Crippen molar-refractivity contribution in [3.8, 4) is 6.07 Å². The van der Waals surface area contributed by atoms with Crippen LogP contribution in [-0.2, 0) is 9.59 Å². The molecular weight excluding hydrogens is 443 g/mol. The molecule has 3 aromatic rings. The standard InChI is InChI=1S/C28H23FN4O2/c29-21-8-6-20(7-9-21)25-26(28(35)33(27(25)34)24-12-4-19(18-30)5-13-24)31-22-10-14-23(15-11-22)32-16-2-1-3-17-32/h4-15,31H,1-3,16-17H2. The first kappa shape index (κ1) is 22.4. The highest BCUT2D eigenvalue weighted by Gasteiger charge is 2.40. The molecule has 0 saturated carbocycles. The molecule has 0 atom stereocenters. The molecule has 0 spiro atoms. The van der Waals surface area contributed by atoms with Gasteiger partial charge in [0.05, 0.1) is 22.9 Å². The Kier molecular flexibility index (Phi) is 6.02. The summed E-state index contributed by atoms with van der Waals surface area (Å²) in [5, 5.41) is 12.2. The average molecular weight is 467 g/mol. The third-order valence-electron chi connectivity index (χ3n) is 6.33. The molecule has 2 heterocycles. The molecule has 0 aromatic heterocycles. The van der Waals surface area contributed by atoms with Crippen molar-refractivity contribution in [1.82, 2.24) is 0 Å². The summed E-state index contributed by atoms with van der Waals surface area (Å²) in [5.74, 6) is -1.46. The molecule has 2 amide bonds. The van der Waals surface area contributed by atoms with E-state index < -0.39 is 17.6 Å². The van der Waals surface area contributed by atoms with Gasteiger partial charge >= 0.3 is 0 Å². The third-order valence-corrected chi connectivity index (χ3v) is 6.33. The number of carbonyl (C=O) groups is 2. The molecule has 1 fully saturated rings. The van der Waals surface area contributed by atoms with Gasteiger partial charge in [0.25, 0.3) is 11.8 Å². The second-order valence-electron chi connectivity index (χ2n) is 8.58. The Morgan fingerprint density at radius 2 is 1.40 bits per heavy atom. The highest BCUT2D eigenvalue weighted by molar-refractivity contribution is 6.46. The first-order chi connectivity index (χ1) is 17.0. The van der Waals surface area contributed by atoms with Gasteiger partial charge in [-0.1, -0.05) is 12.1 Å². The molecule has 5 rings (SSSR count). The summed E-state index contributed by atoms with van der Waals surface area (Å²) in [6.07, 6.45) is 3.60. The van der Waals surface area contributed by atoms with Crippen molar-refractivity contribution in [2.24, 2.45) is 0 Å². The second kappa shape index (κ2) is 9.43. The van der Waals surface area contributed by atoms with Crippen molar-refractivity contribution >= 4 is 34.4 Å². The summed E-state index contributed by atoms with van der Waals surface area (Å²) in [5.41, 5.74) is 3.30. The topological polar surface area (TPSA) is 76.4 Å². The van der Waals surface area contributed by atoms with E-state index in [1.807, 2.05) is 30.3 Å². The maximum absolute atomic E-state index is 13.6. The van der Waals surface area contributed by atoms with E-state index in [2.05, 4.69) is 10.2 Å². The number of carbonyl (C=O) groups excluding carboxylic acids is 2. The van der Waals surface area contributed by atoms with Crippen LogP contribution in [0.4, 0.5) is 21.5 Å². The highest BCUT2D eigenvalue weighted by Crippen LogP contribution is 2.34. The maximum atomic E-state index is 13.6. The van der Waals surface area contributed by atoms with E-state index in [-0.39, 0.29) is 11.3 Å². The lowest BCUT2D eigenvalue weighted by Gasteiger charge is -2.28. The van der Waals surface area contributed by atoms with Crippen LogP contribution < -0.4 is 15.1 Å². The molecule has 0 aliphatic carbocycles. The van der Waals surface area contributed by atoms with E-state index >= 15 is 0 Å². The van der Waals surface area contributed by atoms with Gasteiger partial charge in [0, 0.05) is 24.5 Å². The summed E-state index contributed by atoms with van der Waals surface area (Å²) in [7, 11) is 0. The van der Waals surface area contributed by atoms with Crippen LogP contribution >= 0.6 is 0 Å². The smallest absolute Gasteiger partial charge is 0.282 e. The Balaban J connectivity index is 1.49. The molecular formula is C28H23FN4O2. The maximum Gasteiger partial charge on any atom is 0.282 e. The molecule has 1 N–H and O–H groups in total. The normalized spacial score (nSPS) is 16.0. The zero-order valence-corrected chi connectivity index (χ0v) is 19.0. The molecule has 0 radical (unpaired) electrons. The molecule has 35 heavy (non-hydrogen) atoms. The van der Waals surface area contributed by atoms with Crippen LogP contribution in [0.1, 0.15) is 30.4 Å². The molecule has 6 nitrogen and oxygen atoms in total. The molecule has 0 bridgehead atoms. The van der Waals surface area contributed by atoms with Crippen LogP contribution in [-0.4, -0.2) is 24.9 Å². The van der Waals surface area contributed by atoms with Gasteiger partial charge in [-0.3, -0.25) is 9.59 Å². The molecule has 3 aromatic carbocycles. The first-order valence-corrected chi connectivity index (χ1v) is 11.6. The number of nitrogens with zero attached hydrogens (tertiary/aromatic N) is 3. The fourth-order valence-electron chi connectivity index (χ4n) is 4.50. The summed E-state index contributed by atoms with van der Waals surface area (Å²) < 4.78 is 13.6. The Hall–Kier alpha value is -4.44. The SMILES string of the molecule is N#Cc1ccc(N2C(=O)C(Nc3ccc(N4CCCCC4)cc3)=C(c3ccc(F)cc3)C2=O)cc1. The number of nitrogens with one attached hydrogen (secondary N) is 1. The number of benzene rings is 3. The van der Waals surface area contributed by atoms with E-state index in [4.69, 9.17) is 5.26 Å². The quantitative estimate of drug-likeness (QED) is 0.531. The van der Waals surface area contributed by atoms with Gasteiger partial charge in [-0.05, 0) is 85.5 Å². The van der Waals surface area contributed by atoms with Crippen molar-refractivity contribution < 1.29 is 14.0 Å². The fourth-order valence-corrected chi connectivity index (χ4v) is 4.50.